The Morgan fingerprint density at radius 3 is 3.00 bits per heavy atom. The van der Waals surface area contributed by atoms with Crippen LogP contribution in [0.3, 0.4) is 0 Å². The highest BCUT2D eigenvalue weighted by atomic mass is 16.5. The van der Waals surface area contributed by atoms with Crippen molar-refractivity contribution < 1.29 is 4.74 Å². The Morgan fingerprint density at radius 1 is 1.62 bits per heavy atom. The average Bonchev–Trinajstić information content (AvgIpc) is 2.14. The summed E-state index contributed by atoms with van der Waals surface area (Å²) in [5.41, 5.74) is 7.97. The van der Waals surface area contributed by atoms with E-state index in [4.69, 9.17) is 10.5 Å². The van der Waals surface area contributed by atoms with Gasteiger partial charge in [0.15, 0.2) is 0 Å². The van der Waals surface area contributed by atoms with Crippen LogP contribution < -0.4 is 5.73 Å². The van der Waals surface area contributed by atoms with Gasteiger partial charge in [0.2, 0.25) is 0 Å². The van der Waals surface area contributed by atoms with Gasteiger partial charge in [0.1, 0.15) is 0 Å². The fourth-order valence-electron chi connectivity index (χ4n) is 1.14. The molecule has 1 aromatic rings. The van der Waals surface area contributed by atoms with Crippen molar-refractivity contribution in [2.45, 2.75) is 19.9 Å². The summed E-state index contributed by atoms with van der Waals surface area (Å²) in [7, 11) is 0. The van der Waals surface area contributed by atoms with Gasteiger partial charge in [-0.2, -0.15) is 0 Å². The Balaban J connectivity index is 2.60. The summed E-state index contributed by atoms with van der Waals surface area (Å²) < 4.78 is 5.24. The normalized spacial score (nSPS) is 12.8. The Labute approximate surface area is 78.9 Å². The molecule has 3 heteroatoms. The minimum Gasteiger partial charge on any atom is -0.380 e. The van der Waals surface area contributed by atoms with Crippen molar-refractivity contribution >= 4 is 0 Å². The monoisotopic (exact) mass is 180 g/mol. The number of aromatic nitrogens is 1. The molecule has 0 saturated carbocycles. The quantitative estimate of drug-likeness (QED) is 0.762. The molecule has 0 amide bonds. The molecule has 0 radical (unpaired) electrons. The summed E-state index contributed by atoms with van der Waals surface area (Å²) in [6, 6.07) is 3.88. The molecule has 1 atom stereocenters. The number of hydrogen-bond donors (Lipinski definition) is 1. The van der Waals surface area contributed by atoms with E-state index in [0.29, 0.717) is 13.2 Å². The fraction of sp³-hybridized carbons (Fsp3) is 0.500. The van der Waals surface area contributed by atoms with Crippen molar-refractivity contribution in [3.63, 3.8) is 0 Å². The van der Waals surface area contributed by atoms with Crippen molar-refractivity contribution in [2.75, 3.05) is 13.2 Å². The average molecular weight is 180 g/mol. The van der Waals surface area contributed by atoms with Gasteiger partial charge in [-0.3, -0.25) is 4.98 Å². The zero-order valence-electron chi connectivity index (χ0n) is 8.16. The lowest BCUT2D eigenvalue weighted by molar-refractivity contribution is 0.133. The van der Waals surface area contributed by atoms with Crippen LogP contribution >= 0.6 is 0 Å². The topological polar surface area (TPSA) is 48.1 Å². The molecule has 13 heavy (non-hydrogen) atoms. The molecule has 1 aromatic heterocycles. The van der Waals surface area contributed by atoms with Crippen LogP contribution in [0.25, 0.3) is 0 Å². The van der Waals surface area contributed by atoms with Crippen LogP contribution in [0.5, 0.6) is 0 Å². The third kappa shape index (κ3) is 3.13. The van der Waals surface area contributed by atoms with E-state index in [2.05, 4.69) is 4.98 Å². The highest BCUT2D eigenvalue weighted by Crippen LogP contribution is 2.10. The van der Waals surface area contributed by atoms with Crippen LogP contribution in [0.4, 0.5) is 0 Å². The summed E-state index contributed by atoms with van der Waals surface area (Å²) in [6.45, 7) is 5.19. The van der Waals surface area contributed by atoms with Gasteiger partial charge in [0.05, 0.1) is 12.6 Å². The number of rotatable bonds is 4. The van der Waals surface area contributed by atoms with Crippen LogP contribution in [-0.2, 0) is 4.74 Å². The molecule has 1 heterocycles. The zero-order valence-corrected chi connectivity index (χ0v) is 8.16. The van der Waals surface area contributed by atoms with Gasteiger partial charge in [-0.25, -0.2) is 0 Å². The second-order valence-corrected chi connectivity index (χ2v) is 3.00. The van der Waals surface area contributed by atoms with Gasteiger partial charge >= 0.3 is 0 Å². The summed E-state index contributed by atoms with van der Waals surface area (Å²) in [4.78, 5) is 4.11. The minimum atomic E-state index is -0.0401. The maximum absolute atomic E-state index is 5.90. The van der Waals surface area contributed by atoms with E-state index < -0.39 is 0 Å². The summed E-state index contributed by atoms with van der Waals surface area (Å²) in [5, 5.41) is 0. The van der Waals surface area contributed by atoms with Crippen LogP contribution in [0.2, 0.25) is 0 Å². The molecular weight excluding hydrogens is 164 g/mol. The number of nitrogens with zero attached hydrogens (tertiary/aromatic N) is 1. The van der Waals surface area contributed by atoms with Crippen molar-refractivity contribution in [2.24, 2.45) is 5.73 Å². The minimum absolute atomic E-state index is 0.0401. The van der Waals surface area contributed by atoms with E-state index in [1.807, 2.05) is 26.0 Å². The first-order valence-corrected chi connectivity index (χ1v) is 4.50. The lowest BCUT2D eigenvalue weighted by Gasteiger charge is -2.11. The van der Waals surface area contributed by atoms with E-state index >= 15 is 0 Å². The molecule has 0 fully saturated rings. The summed E-state index contributed by atoms with van der Waals surface area (Å²) in [5.74, 6) is 0. The number of hydrogen-bond acceptors (Lipinski definition) is 3. The molecule has 72 valence electrons. The standard InChI is InChI=1S/C10H16N2O/c1-3-13-7-10(11)9-4-5-12-8(2)6-9/h4-6,10H,3,7,11H2,1-2H3. The van der Waals surface area contributed by atoms with Gasteiger partial charge in [-0.15, -0.1) is 0 Å². The van der Waals surface area contributed by atoms with Gasteiger partial charge in [0, 0.05) is 18.5 Å². The first-order valence-electron chi connectivity index (χ1n) is 4.50. The molecule has 3 nitrogen and oxygen atoms in total. The lowest BCUT2D eigenvalue weighted by atomic mass is 10.1. The van der Waals surface area contributed by atoms with Crippen LogP contribution in [0.15, 0.2) is 18.3 Å². The Kier molecular flexibility index (Phi) is 3.86. The maximum atomic E-state index is 5.90. The summed E-state index contributed by atoms with van der Waals surface area (Å²) in [6.07, 6.45) is 1.77. The van der Waals surface area contributed by atoms with E-state index in [9.17, 15) is 0 Å². The molecule has 2 N–H and O–H groups in total. The molecule has 0 spiro atoms. The second-order valence-electron chi connectivity index (χ2n) is 3.00. The highest BCUT2D eigenvalue weighted by Gasteiger charge is 2.05. The SMILES string of the molecule is CCOCC(N)c1ccnc(C)c1. The summed E-state index contributed by atoms with van der Waals surface area (Å²) >= 11 is 0. The molecule has 0 bridgehead atoms. The van der Waals surface area contributed by atoms with E-state index in [1.165, 1.54) is 0 Å². The van der Waals surface area contributed by atoms with E-state index in [1.54, 1.807) is 6.20 Å². The second kappa shape index (κ2) is 4.94. The first kappa shape index (κ1) is 10.2. The molecule has 1 rings (SSSR count). The van der Waals surface area contributed by atoms with Gasteiger partial charge < -0.3 is 10.5 Å². The number of pyridine rings is 1. The lowest BCUT2D eigenvalue weighted by Crippen LogP contribution is -2.17. The molecule has 0 saturated heterocycles. The molecule has 0 aliphatic rings. The third-order valence-corrected chi connectivity index (χ3v) is 1.85. The van der Waals surface area contributed by atoms with Crippen molar-refractivity contribution in [3.05, 3.63) is 29.6 Å². The van der Waals surface area contributed by atoms with Crippen LogP contribution in [0, 0.1) is 6.92 Å². The molecule has 0 aliphatic heterocycles. The third-order valence-electron chi connectivity index (χ3n) is 1.85. The molecule has 0 aliphatic carbocycles. The van der Waals surface area contributed by atoms with Crippen LogP contribution in [-0.4, -0.2) is 18.2 Å². The van der Waals surface area contributed by atoms with E-state index in [0.717, 1.165) is 11.3 Å². The Bertz CT molecular complexity index is 263. The number of aryl methyl sites for hydroxylation is 1. The molecule has 0 aromatic carbocycles. The maximum Gasteiger partial charge on any atom is 0.0659 e. The van der Waals surface area contributed by atoms with Gasteiger partial charge in [0.25, 0.3) is 0 Å². The van der Waals surface area contributed by atoms with Gasteiger partial charge in [-0.1, -0.05) is 0 Å². The largest absolute Gasteiger partial charge is 0.380 e. The zero-order chi connectivity index (χ0) is 9.68. The van der Waals surface area contributed by atoms with Gasteiger partial charge in [-0.05, 0) is 31.5 Å². The number of ether oxygens (including phenoxy) is 1. The predicted molar refractivity (Wildman–Crippen MR) is 52.4 cm³/mol. The molecular formula is C10H16N2O. The predicted octanol–water partition coefficient (Wildman–Crippen LogP) is 1.43. The van der Waals surface area contributed by atoms with Crippen molar-refractivity contribution in [3.8, 4) is 0 Å². The van der Waals surface area contributed by atoms with Crippen molar-refractivity contribution in [1.82, 2.24) is 4.98 Å². The first-order chi connectivity index (χ1) is 6.24. The van der Waals surface area contributed by atoms with E-state index in [-0.39, 0.29) is 6.04 Å². The fourth-order valence-corrected chi connectivity index (χ4v) is 1.14. The van der Waals surface area contributed by atoms with Crippen LogP contribution in [0.1, 0.15) is 24.2 Å². The Morgan fingerprint density at radius 2 is 2.38 bits per heavy atom. The Hall–Kier alpha value is -0.930. The smallest absolute Gasteiger partial charge is 0.0659 e. The number of nitrogens with two attached hydrogens (primary N) is 1. The highest BCUT2D eigenvalue weighted by molar-refractivity contribution is 5.18. The van der Waals surface area contributed by atoms with Crippen molar-refractivity contribution in [1.29, 1.82) is 0 Å². The molecule has 1 unspecified atom stereocenters.